The molecular weight excluding hydrogens is 1030 g/mol. The van der Waals surface area contributed by atoms with Gasteiger partial charge in [0.2, 0.25) is 9.54 Å². The SMILES string of the molecule is C.CCOP(=S)(Cl)OCC.CCOP(=S)(OCC)n1cnn(CC(O)(Cc2ccccc2Cl)C2(Cl)CC2)c1=S.OC(Cc1ccccc1Cl)(Cn1[nH]cnc1=S)C1(Cl)CC1.[Cl-]. The predicted molar refractivity (Wildman–Crippen MR) is 257 cm³/mol. The molecule has 2 aliphatic rings. The Labute approximate surface area is 410 Å². The van der Waals surface area contributed by atoms with Gasteiger partial charge in [0.05, 0.1) is 49.3 Å². The molecule has 0 aliphatic heterocycles. The number of halogens is 6. The Balaban J connectivity index is 0.000000351. The van der Waals surface area contributed by atoms with Crippen LogP contribution in [-0.4, -0.2) is 86.5 Å². The quantitative estimate of drug-likeness (QED) is 0.0473. The van der Waals surface area contributed by atoms with Gasteiger partial charge in [-0.2, -0.15) is 5.10 Å². The highest BCUT2D eigenvalue weighted by Crippen LogP contribution is 2.55. The van der Waals surface area contributed by atoms with Crippen molar-refractivity contribution in [2.24, 2.45) is 0 Å². The first-order valence-electron chi connectivity index (χ1n) is 18.8. The molecule has 12 nitrogen and oxygen atoms in total. The van der Waals surface area contributed by atoms with Crippen LogP contribution >= 0.6 is 94.6 Å². The third kappa shape index (κ3) is 15.2. The first-order valence-corrected chi connectivity index (χ1v) is 27.2. The highest BCUT2D eigenvalue weighted by molar-refractivity contribution is 8.22. The zero-order chi connectivity index (χ0) is 43.7. The number of rotatable bonds is 19. The van der Waals surface area contributed by atoms with Crippen molar-refractivity contribution in [2.75, 3.05) is 26.4 Å². The van der Waals surface area contributed by atoms with Gasteiger partial charge in [-0.15, -0.1) is 23.2 Å². The van der Waals surface area contributed by atoms with Gasteiger partial charge in [-0.3, -0.25) is 9.78 Å². The molecule has 4 aromatic rings. The molecule has 0 amide bonds. The Kier molecular flexibility index (Phi) is 23.1. The standard InChI is InChI=1S/C18H24Cl2N3O3PS2.C14H15Cl2N3OS.C4H10ClO2PS.CH4.ClH/c1-3-25-27(29,26-4-2)23-13-21-22(16(23)28)12-18(24,17(20)9-10-17)11-14-7-5-6-8-15(14)19;15-11-4-2-1-3-10(11)7-14(20,13(16)5-6-13)8-19-12(21)17-9-18-19;1-3-6-8(5,9)7-4-2;;/h5-8,13,24H,3-4,9-12H2,1-2H3;1-4,9,20H,5-8H2,(H,17,18,21);3-4H2,1-2H3;1H4;1H/p-1. The van der Waals surface area contributed by atoms with Crippen molar-refractivity contribution in [3.8, 4) is 0 Å². The van der Waals surface area contributed by atoms with Gasteiger partial charge in [-0.25, -0.2) is 14.0 Å². The van der Waals surface area contributed by atoms with Crippen LogP contribution in [0, 0.1) is 9.54 Å². The summed E-state index contributed by atoms with van der Waals surface area (Å²) in [4.78, 5) is 2.59. The smallest absolute Gasteiger partial charge is 0.297 e. The fourth-order valence-electron chi connectivity index (χ4n) is 6.12. The fraction of sp³-hybridized carbons (Fsp3) is 0.568. The maximum Gasteiger partial charge on any atom is 0.297 e. The van der Waals surface area contributed by atoms with Crippen molar-refractivity contribution in [3.05, 3.63) is 91.9 Å². The molecule has 2 fully saturated rings. The normalized spacial score (nSPS) is 16.8. The molecule has 2 aliphatic carbocycles. The number of H-pyrrole nitrogens is 1. The van der Waals surface area contributed by atoms with Crippen LogP contribution in [-0.2, 0) is 67.6 Å². The number of alkyl halides is 2. The molecule has 0 spiro atoms. The van der Waals surface area contributed by atoms with Crippen molar-refractivity contribution in [1.29, 1.82) is 0 Å². The van der Waals surface area contributed by atoms with E-state index < -0.39 is 33.4 Å². The first kappa shape index (κ1) is 57.1. The summed E-state index contributed by atoms with van der Waals surface area (Å²) in [6.07, 6.45) is 6.64. The van der Waals surface area contributed by atoms with Gasteiger partial charge in [0.1, 0.15) is 23.9 Å². The number of aliphatic hydroxyl groups is 2. The molecule has 61 heavy (non-hydrogen) atoms. The number of hydrogen-bond donors (Lipinski definition) is 3. The zero-order valence-electron chi connectivity index (χ0n) is 33.3. The van der Waals surface area contributed by atoms with E-state index >= 15 is 0 Å². The second kappa shape index (κ2) is 24.6. The Morgan fingerprint density at radius 2 is 1.20 bits per heavy atom. The van der Waals surface area contributed by atoms with Crippen LogP contribution < -0.4 is 12.4 Å². The highest BCUT2D eigenvalue weighted by Gasteiger charge is 2.59. The third-order valence-corrected chi connectivity index (χ3v) is 18.1. The van der Waals surface area contributed by atoms with E-state index in [-0.39, 0.29) is 39.3 Å². The second-order valence-electron chi connectivity index (χ2n) is 13.8. The summed E-state index contributed by atoms with van der Waals surface area (Å²) in [6.45, 7) is 6.74. The fourth-order valence-corrected chi connectivity index (χ4v) is 12.1. The van der Waals surface area contributed by atoms with Gasteiger partial charge in [0.15, 0.2) is 0 Å². The van der Waals surface area contributed by atoms with Gasteiger partial charge in [0.25, 0.3) is 12.5 Å². The van der Waals surface area contributed by atoms with Crippen molar-refractivity contribution >= 4 is 118 Å². The number of aromatic nitrogens is 6. The largest absolute Gasteiger partial charge is 1.00 e. The zero-order valence-corrected chi connectivity index (χ0v) is 42.9. The van der Waals surface area contributed by atoms with Gasteiger partial charge in [-0.1, -0.05) is 67.0 Å². The van der Waals surface area contributed by atoms with E-state index in [0.717, 1.165) is 24.0 Å². The topological polar surface area (TPSA) is 134 Å². The molecule has 0 saturated heterocycles. The van der Waals surface area contributed by atoms with Crippen LogP contribution in [0.1, 0.15) is 71.9 Å². The summed E-state index contributed by atoms with van der Waals surface area (Å²) >= 11 is 52.5. The maximum atomic E-state index is 11.6. The van der Waals surface area contributed by atoms with E-state index in [2.05, 4.69) is 15.2 Å². The molecule has 2 unspecified atom stereocenters. The third-order valence-electron chi connectivity index (χ3n) is 9.51. The minimum atomic E-state index is -2.83. The minimum absolute atomic E-state index is 0. The lowest BCUT2D eigenvalue weighted by Gasteiger charge is -2.33. The minimum Gasteiger partial charge on any atom is -1.00 e. The molecule has 2 saturated carbocycles. The van der Waals surface area contributed by atoms with Crippen molar-refractivity contribution in [2.45, 2.75) is 108 Å². The average Bonchev–Trinajstić information content (AvgIpc) is 4.04. The Morgan fingerprint density at radius 3 is 1.57 bits per heavy atom. The Morgan fingerprint density at radius 1 is 0.770 bits per heavy atom. The monoisotopic (exact) mass is 1080 g/mol. The van der Waals surface area contributed by atoms with Crippen LogP contribution in [0.2, 0.25) is 10.0 Å². The van der Waals surface area contributed by atoms with E-state index in [4.69, 9.17) is 124 Å². The van der Waals surface area contributed by atoms with Gasteiger partial charge in [0, 0.05) is 22.9 Å². The number of aromatic amines is 1. The van der Waals surface area contributed by atoms with Crippen LogP contribution in [0.5, 0.6) is 0 Å². The first-order chi connectivity index (χ1) is 27.7. The molecule has 2 heterocycles. The molecule has 2 aromatic carbocycles. The average molecular weight is 1080 g/mol. The summed E-state index contributed by atoms with van der Waals surface area (Å²) < 4.78 is 26.8. The number of hydrogen-bond acceptors (Lipinski definition) is 12. The van der Waals surface area contributed by atoms with Crippen molar-refractivity contribution in [3.63, 3.8) is 0 Å². The molecule has 6 rings (SSSR count). The van der Waals surface area contributed by atoms with Crippen molar-refractivity contribution in [1.82, 2.24) is 28.9 Å². The predicted octanol–water partition coefficient (Wildman–Crippen LogP) is 8.46. The van der Waals surface area contributed by atoms with E-state index in [1.165, 1.54) is 17.3 Å². The highest BCUT2D eigenvalue weighted by atomic mass is 35.7. The molecular formula is C37H53Cl6N6O6P2S4-. The number of nitrogens with zero attached hydrogens (tertiary/aromatic N) is 5. The number of benzene rings is 2. The van der Waals surface area contributed by atoms with Crippen molar-refractivity contribution < 1.29 is 40.7 Å². The molecule has 0 radical (unpaired) electrons. The van der Waals surface area contributed by atoms with Gasteiger partial charge >= 0.3 is 0 Å². The summed E-state index contributed by atoms with van der Waals surface area (Å²) in [7, 11) is 0. The van der Waals surface area contributed by atoms with E-state index in [1.54, 1.807) is 15.1 Å². The second-order valence-corrected chi connectivity index (χ2v) is 24.8. The lowest BCUT2D eigenvalue weighted by Crippen LogP contribution is -3.00. The van der Waals surface area contributed by atoms with Crippen LogP contribution in [0.3, 0.4) is 0 Å². The Bertz CT molecular complexity index is 2210. The molecule has 0 bridgehead atoms. The molecule has 3 N–H and O–H groups in total. The summed E-state index contributed by atoms with van der Waals surface area (Å²) in [6, 6.07) is 14.9. The molecule has 2 aromatic heterocycles. The van der Waals surface area contributed by atoms with E-state index in [1.807, 2.05) is 70.2 Å². The molecule has 24 heteroatoms. The number of nitrogens with one attached hydrogen (secondary N) is 1. The van der Waals surface area contributed by atoms with Crippen LogP contribution in [0.15, 0.2) is 61.2 Å². The molecule has 2 atom stereocenters. The summed E-state index contributed by atoms with van der Waals surface area (Å²) in [5.41, 5.74) is -0.718. The Hall–Kier alpha value is -0.0400. The van der Waals surface area contributed by atoms with Gasteiger partial charge in [-0.05, 0) is 136 Å². The molecule has 344 valence electrons. The lowest BCUT2D eigenvalue weighted by atomic mass is 9.89. The lowest BCUT2D eigenvalue weighted by molar-refractivity contribution is -0.000102. The van der Waals surface area contributed by atoms with Crippen LogP contribution in [0.25, 0.3) is 0 Å². The van der Waals surface area contributed by atoms with Gasteiger partial charge < -0.3 is 40.7 Å². The van der Waals surface area contributed by atoms with E-state index in [9.17, 15) is 10.2 Å². The summed E-state index contributed by atoms with van der Waals surface area (Å²) in [5.74, 6) is -2.39. The van der Waals surface area contributed by atoms with Crippen LogP contribution in [0.4, 0.5) is 0 Å². The van der Waals surface area contributed by atoms with E-state index in [0.29, 0.717) is 65.3 Å². The summed E-state index contributed by atoms with van der Waals surface area (Å²) in [5, 5.41) is 31.3. The maximum absolute atomic E-state index is 11.6.